The highest BCUT2D eigenvalue weighted by atomic mass is 16.5. The highest BCUT2D eigenvalue weighted by molar-refractivity contribution is 5.53. The number of rotatable bonds is 5. The number of methoxy groups -OCH3 is 1. The molecular formula is C23H29NO. The molecule has 132 valence electrons. The number of hydrogen-bond acceptors (Lipinski definition) is 2. The fourth-order valence-electron chi connectivity index (χ4n) is 3.99. The summed E-state index contributed by atoms with van der Waals surface area (Å²) in [5.41, 5.74) is 4.28. The second-order valence-corrected chi connectivity index (χ2v) is 7.36. The van der Waals surface area contributed by atoms with Gasteiger partial charge in [-0.3, -0.25) is 0 Å². The van der Waals surface area contributed by atoms with Gasteiger partial charge < -0.3 is 9.64 Å². The summed E-state index contributed by atoms with van der Waals surface area (Å²) in [6.07, 6.45) is 5.98. The van der Waals surface area contributed by atoms with E-state index in [1.807, 2.05) is 6.07 Å². The molecule has 0 amide bonds. The Morgan fingerprint density at radius 3 is 2.60 bits per heavy atom. The van der Waals surface area contributed by atoms with Crippen LogP contribution < -0.4 is 4.74 Å². The van der Waals surface area contributed by atoms with Crippen molar-refractivity contribution < 1.29 is 4.74 Å². The lowest BCUT2D eigenvalue weighted by atomic mass is 9.73. The molecule has 0 aromatic heterocycles. The lowest BCUT2D eigenvalue weighted by Gasteiger charge is -2.35. The Kier molecular flexibility index (Phi) is 5.93. The van der Waals surface area contributed by atoms with E-state index in [9.17, 15) is 0 Å². The van der Waals surface area contributed by atoms with Crippen LogP contribution in [0.3, 0.4) is 0 Å². The first-order valence-electron chi connectivity index (χ1n) is 9.19. The standard InChI is InChI=1S/C23H29NO/c1-24(2)17-21-13-12-19(14-18-8-5-4-6-9-18)15-23(21)20-10-7-11-22(16-20)25-3/h4-11,14,16,21,23H,12-13,15,17H2,1-3H3/b19-14+/t21-,23+/m0/s1. The first-order valence-corrected chi connectivity index (χ1v) is 9.19. The third-order valence-electron chi connectivity index (χ3n) is 5.18. The van der Waals surface area contributed by atoms with Crippen molar-refractivity contribution in [2.45, 2.75) is 25.2 Å². The molecule has 0 aliphatic heterocycles. The van der Waals surface area contributed by atoms with E-state index in [1.54, 1.807) is 12.7 Å². The second kappa shape index (κ2) is 8.35. The van der Waals surface area contributed by atoms with Crippen LogP contribution in [0.5, 0.6) is 5.75 Å². The van der Waals surface area contributed by atoms with Crippen molar-refractivity contribution in [3.8, 4) is 5.75 Å². The van der Waals surface area contributed by atoms with Crippen LogP contribution in [0.4, 0.5) is 0 Å². The number of nitrogens with zero attached hydrogens (tertiary/aromatic N) is 1. The van der Waals surface area contributed by atoms with Gasteiger partial charge in [0.25, 0.3) is 0 Å². The van der Waals surface area contributed by atoms with Gasteiger partial charge in [0.2, 0.25) is 0 Å². The molecule has 0 radical (unpaired) electrons. The zero-order valence-electron chi connectivity index (χ0n) is 15.6. The molecule has 0 N–H and O–H groups in total. The van der Waals surface area contributed by atoms with Crippen LogP contribution in [-0.2, 0) is 0 Å². The summed E-state index contributed by atoms with van der Waals surface area (Å²) in [5, 5.41) is 0. The molecule has 2 atom stereocenters. The van der Waals surface area contributed by atoms with Gasteiger partial charge in [-0.1, -0.05) is 54.1 Å². The van der Waals surface area contributed by atoms with E-state index in [4.69, 9.17) is 4.74 Å². The van der Waals surface area contributed by atoms with Gasteiger partial charge in [-0.15, -0.1) is 0 Å². The lowest BCUT2D eigenvalue weighted by molar-refractivity contribution is 0.256. The minimum atomic E-state index is 0.557. The van der Waals surface area contributed by atoms with E-state index >= 15 is 0 Å². The molecule has 1 aliphatic carbocycles. The smallest absolute Gasteiger partial charge is 0.119 e. The Hall–Kier alpha value is -2.06. The third-order valence-corrected chi connectivity index (χ3v) is 5.18. The summed E-state index contributed by atoms with van der Waals surface area (Å²) >= 11 is 0. The maximum absolute atomic E-state index is 5.46. The molecule has 3 rings (SSSR count). The highest BCUT2D eigenvalue weighted by Crippen LogP contribution is 2.42. The van der Waals surface area contributed by atoms with Crippen LogP contribution in [0.25, 0.3) is 6.08 Å². The molecule has 2 heteroatoms. The average molecular weight is 335 g/mol. The molecule has 0 unspecified atom stereocenters. The Morgan fingerprint density at radius 2 is 1.88 bits per heavy atom. The molecule has 0 heterocycles. The number of hydrogen-bond donors (Lipinski definition) is 0. The summed E-state index contributed by atoms with van der Waals surface area (Å²) in [6, 6.07) is 19.3. The number of ether oxygens (including phenoxy) is 1. The van der Waals surface area contributed by atoms with Crippen LogP contribution in [0.15, 0.2) is 60.2 Å². The van der Waals surface area contributed by atoms with E-state index in [0.29, 0.717) is 11.8 Å². The van der Waals surface area contributed by atoms with Crippen LogP contribution >= 0.6 is 0 Å². The van der Waals surface area contributed by atoms with Crippen molar-refractivity contribution >= 4 is 6.08 Å². The van der Waals surface area contributed by atoms with Crippen molar-refractivity contribution in [2.75, 3.05) is 27.7 Å². The van der Waals surface area contributed by atoms with Crippen molar-refractivity contribution in [1.29, 1.82) is 0 Å². The summed E-state index contributed by atoms with van der Waals surface area (Å²) in [7, 11) is 6.11. The van der Waals surface area contributed by atoms with Gasteiger partial charge in [0.05, 0.1) is 7.11 Å². The predicted octanol–water partition coefficient (Wildman–Crippen LogP) is 5.22. The van der Waals surface area contributed by atoms with E-state index in [-0.39, 0.29) is 0 Å². The first-order chi connectivity index (χ1) is 12.2. The Balaban J connectivity index is 1.86. The van der Waals surface area contributed by atoms with Gasteiger partial charge in [-0.2, -0.15) is 0 Å². The zero-order chi connectivity index (χ0) is 17.6. The topological polar surface area (TPSA) is 12.5 Å². The van der Waals surface area contributed by atoms with Crippen molar-refractivity contribution in [3.05, 3.63) is 71.3 Å². The molecule has 0 bridgehead atoms. The van der Waals surface area contributed by atoms with Crippen molar-refractivity contribution in [3.63, 3.8) is 0 Å². The minimum Gasteiger partial charge on any atom is -0.497 e. The van der Waals surface area contributed by atoms with E-state index in [1.165, 1.54) is 24.0 Å². The third kappa shape index (κ3) is 4.73. The quantitative estimate of drug-likeness (QED) is 0.742. The zero-order valence-corrected chi connectivity index (χ0v) is 15.6. The summed E-state index contributed by atoms with van der Waals surface area (Å²) in [5.74, 6) is 2.21. The van der Waals surface area contributed by atoms with Crippen LogP contribution in [0.2, 0.25) is 0 Å². The molecule has 2 aromatic rings. The molecule has 0 spiro atoms. The monoisotopic (exact) mass is 335 g/mol. The van der Waals surface area contributed by atoms with Crippen LogP contribution in [0, 0.1) is 5.92 Å². The second-order valence-electron chi connectivity index (χ2n) is 7.36. The van der Waals surface area contributed by atoms with E-state index in [2.05, 4.69) is 73.6 Å². The maximum Gasteiger partial charge on any atom is 0.119 e. The number of benzene rings is 2. The fraction of sp³-hybridized carbons (Fsp3) is 0.391. The molecular weight excluding hydrogens is 306 g/mol. The summed E-state index contributed by atoms with van der Waals surface area (Å²) in [4.78, 5) is 2.32. The first kappa shape index (κ1) is 17.8. The van der Waals surface area contributed by atoms with Gasteiger partial charge in [0.15, 0.2) is 0 Å². The molecule has 2 aromatic carbocycles. The Labute approximate surface area is 152 Å². The lowest BCUT2D eigenvalue weighted by Crippen LogP contribution is -2.29. The minimum absolute atomic E-state index is 0.557. The normalized spacial score (nSPS) is 22.3. The maximum atomic E-state index is 5.46. The van der Waals surface area contributed by atoms with Gasteiger partial charge in [-0.05, 0) is 68.5 Å². The Bertz CT molecular complexity index is 705. The number of allylic oxidation sites excluding steroid dienone is 1. The van der Waals surface area contributed by atoms with Gasteiger partial charge in [0.1, 0.15) is 5.75 Å². The fourth-order valence-corrected chi connectivity index (χ4v) is 3.99. The van der Waals surface area contributed by atoms with E-state index in [0.717, 1.165) is 18.7 Å². The van der Waals surface area contributed by atoms with Crippen LogP contribution in [0.1, 0.15) is 36.3 Å². The molecule has 25 heavy (non-hydrogen) atoms. The summed E-state index contributed by atoms with van der Waals surface area (Å²) < 4.78 is 5.46. The van der Waals surface area contributed by atoms with Gasteiger partial charge in [0, 0.05) is 6.54 Å². The van der Waals surface area contributed by atoms with Crippen molar-refractivity contribution in [1.82, 2.24) is 4.90 Å². The predicted molar refractivity (Wildman–Crippen MR) is 106 cm³/mol. The highest BCUT2D eigenvalue weighted by Gasteiger charge is 2.29. The molecule has 0 saturated heterocycles. The molecule has 2 nitrogen and oxygen atoms in total. The van der Waals surface area contributed by atoms with E-state index < -0.39 is 0 Å². The van der Waals surface area contributed by atoms with Crippen molar-refractivity contribution in [2.24, 2.45) is 5.92 Å². The largest absolute Gasteiger partial charge is 0.497 e. The average Bonchev–Trinajstić information content (AvgIpc) is 2.63. The molecule has 1 aliphatic rings. The molecule has 1 saturated carbocycles. The summed E-state index contributed by atoms with van der Waals surface area (Å²) in [6.45, 7) is 1.14. The van der Waals surface area contributed by atoms with Gasteiger partial charge >= 0.3 is 0 Å². The Morgan fingerprint density at radius 1 is 1.08 bits per heavy atom. The van der Waals surface area contributed by atoms with Crippen LogP contribution in [-0.4, -0.2) is 32.6 Å². The molecule has 1 fully saturated rings. The SMILES string of the molecule is COc1cccc([C@H]2C/C(=C/c3ccccc3)CC[C@H]2CN(C)C)c1. The van der Waals surface area contributed by atoms with Gasteiger partial charge in [-0.25, -0.2) is 0 Å².